The van der Waals surface area contributed by atoms with Crippen LogP contribution in [-0.4, -0.2) is 42.7 Å². The average molecular weight is 407 g/mol. The molecular weight excluding hydrogens is 382 g/mol. The van der Waals surface area contributed by atoms with Crippen molar-refractivity contribution in [3.8, 4) is 5.75 Å². The van der Waals surface area contributed by atoms with Gasteiger partial charge < -0.3 is 15.4 Å². The Morgan fingerprint density at radius 2 is 1.61 bits per heavy atom. The van der Waals surface area contributed by atoms with E-state index in [1.54, 1.807) is 0 Å². The second-order valence-electron chi connectivity index (χ2n) is 6.41. The molecule has 28 heavy (non-hydrogen) atoms. The molecule has 0 unspecified atom stereocenters. The normalized spacial score (nSPS) is 13.2. The van der Waals surface area contributed by atoms with E-state index >= 15 is 0 Å². The highest BCUT2D eigenvalue weighted by molar-refractivity contribution is 7.79. The molecule has 9 heteroatoms. The van der Waals surface area contributed by atoms with Crippen LogP contribution < -0.4 is 15.4 Å². The lowest BCUT2D eigenvalue weighted by Gasteiger charge is -2.10. The van der Waals surface area contributed by atoms with E-state index in [0.29, 0.717) is 0 Å². The van der Waals surface area contributed by atoms with Crippen molar-refractivity contribution in [2.24, 2.45) is 4.99 Å². The maximum absolute atomic E-state index is 8.74. The smallest absolute Gasteiger partial charge is 0.394 e. The van der Waals surface area contributed by atoms with Crippen LogP contribution in [0.1, 0.15) is 25.0 Å². The van der Waals surface area contributed by atoms with Gasteiger partial charge in [-0.3, -0.25) is 14.1 Å². The molecule has 0 radical (unpaired) electrons. The quantitative estimate of drug-likeness (QED) is 0.563. The zero-order valence-corrected chi connectivity index (χ0v) is 16.6. The van der Waals surface area contributed by atoms with E-state index in [1.165, 1.54) is 11.1 Å². The summed E-state index contributed by atoms with van der Waals surface area (Å²) in [4.78, 5) is 4.33. The van der Waals surface area contributed by atoms with Gasteiger partial charge in [-0.05, 0) is 55.7 Å². The van der Waals surface area contributed by atoms with Gasteiger partial charge in [0, 0.05) is 12.2 Å². The van der Waals surface area contributed by atoms with Crippen molar-refractivity contribution in [2.75, 3.05) is 18.4 Å². The maximum atomic E-state index is 8.74. The first-order valence-electron chi connectivity index (χ1n) is 8.79. The average Bonchev–Trinajstić information content (AvgIpc) is 3.09. The van der Waals surface area contributed by atoms with Gasteiger partial charge in [0.15, 0.2) is 5.96 Å². The van der Waals surface area contributed by atoms with Crippen molar-refractivity contribution < 1.29 is 22.3 Å². The second-order valence-corrected chi connectivity index (χ2v) is 7.31. The topological polar surface area (TPSA) is 120 Å². The number of rotatable bonds is 5. The number of ether oxygens (including phenoxy) is 1. The standard InChI is InChI=1S/C19H23N3O.H2O4S/c1-14(2)23-18-9-5-16(6-10-18)13-15-3-7-17(8-4-15)22-19-20-11-12-21-19;1-5(2,3)4/h3-10,14H,11-13H2,1-2H3,(H2,20,21,22);(H2,1,2,3,4). The molecule has 8 nitrogen and oxygen atoms in total. The van der Waals surface area contributed by atoms with E-state index in [1.807, 2.05) is 26.0 Å². The van der Waals surface area contributed by atoms with E-state index < -0.39 is 10.4 Å². The molecule has 152 valence electrons. The first-order chi connectivity index (χ1) is 13.2. The predicted octanol–water partition coefficient (Wildman–Crippen LogP) is 2.78. The number of anilines is 1. The molecular formula is C19H25N3O5S. The van der Waals surface area contributed by atoms with Crippen LogP contribution in [0.25, 0.3) is 0 Å². The highest BCUT2D eigenvalue weighted by Gasteiger charge is 2.05. The van der Waals surface area contributed by atoms with E-state index in [9.17, 15) is 0 Å². The molecule has 2 aromatic carbocycles. The second kappa shape index (κ2) is 10.1. The summed E-state index contributed by atoms with van der Waals surface area (Å²) in [5.74, 6) is 1.78. The van der Waals surface area contributed by atoms with Gasteiger partial charge in [0.25, 0.3) is 0 Å². The Bertz CT molecular complexity index is 871. The fraction of sp³-hybridized carbons (Fsp3) is 0.316. The summed E-state index contributed by atoms with van der Waals surface area (Å²) in [6.45, 7) is 5.83. The highest BCUT2D eigenvalue weighted by Crippen LogP contribution is 2.18. The molecule has 1 aliphatic rings. The van der Waals surface area contributed by atoms with Crippen LogP contribution in [0, 0.1) is 0 Å². The number of nitrogens with one attached hydrogen (secondary N) is 2. The Morgan fingerprint density at radius 3 is 2.07 bits per heavy atom. The van der Waals surface area contributed by atoms with Gasteiger partial charge in [-0.25, -0.2) is 0 Å². The summed E-state index contributed by atoms with van der Waals surface area (Å²) >= 11 is 0. The van der Waals surface area contributed by atoms with Gasteiger partial charge in [0.05, 0.1) is 12.6 Å². The molecule has 0 saturated heterocycles. The third-order valence-corrected chi connectivity index (χ3v) is 3.59. The van der Waals surface area contributed by atoms with Gasteiger partial charge in [-0.15, -0.1) is 0 Å². The van der Waals surface area contributed by atoms with Crippen LogP contribution in [0.3, 0.4) is 0 Å². The van der Waals surface area contributed by atoms with E-state index in [2.05, 4.69) is 52.0 Å². The number of guanidine groups is 1. The number of hydrogen-bond acceptors (Lipinski definition) is 6. The van der Waals surface area contributed by atoms with Crippen molar-refractivity contribution in [2.45, 2.75) is 26.4 Å². The Hall–Kier alpha value is -2.62. The molecule has 1 aliphatic heterocycles. The maximum Gasteiger partial charge on any atom is 0.394 e. The molecule has 0 aliphatic carbocycles. The molecule has 0 amide bonds. The number of benzene rings is 2. The van der Waals surface area contributed by atoms with Crippen LogP contribution >= 0.6 is 0 Å². The molecule has 2 aromatic rings. The van der Waals surface area contributed by atoms with Crippen molar-refractivity contribution in [1.82, 2.24) is 5.32 Å². The van der Waals surface area contributed by atoms with Crippen LogP contribution in [0.5, 0.6) is 5.75 Å². The summed E-state index contributed by atoms with van der Waals surface area (Å²) in [7, 11) is -4.67. The minimum Gasteiger partial charge on any atom is -0.491 e. The van der Waals surface area contributed by atoms with Crippen LogP contribution in [0.4, 0.5) is 5.69 Å². The Kier molecular flexibility index (Phi) is 7.80. The third kappa shape index (κ3) is 8.85. The number of hydrogen-bond donors (Lipinski definition) is 4. The predicted molar refractivity (Wildman–Crippen MR) is 110 cm³/mol. The molecule has 0 atom stereocenters. The molecule has 0 fully saturated rings. The lowest BCUT2D eigenvalue weighted by Crippen LogP contribution is -2.26. The fourth-order valence-electron chi connectivity index (χ4n) is 2.52. The zero-order valence-electron chi connectivity index (χ0n) is 15.8. The van der Waals surface area contributed by atoms with Crippen molar-refractivity contribution in [3.05, 3.63) is 59.7 Å². The molecule has 3 rings (SSSR count). The van der Waals surface area contributed by atoms with Crippen molar-refractivity contribution in [3.63, 3.8) is 0 Å². The summed E-state index contributed by atoms with van der Waals surface area (Å²) in [5, 5.41) is 6.49. The molecule has 4 N–H and O–H groups in total. The molecule has 0 saturated carbocycles. The monoisotopic (exact) mass is 407 g/mol. The zero-order chi connectivity index (χ0) is 20.6. The Morgan fingerprint density at radius 1 is 1.07 bits per heavy atom. The van der Waals surface area contributed by atoms with Gasteiger partial charge in [0.1, 0.15) is 5.75 Å². The number of aliphatic imine (C=N–C) groups is 1. The Labute approximate surface area is 165 Å². The summed E-state index contributed by atoms with van der Waals surface area (Å²) in [6.07, 6.45) is 1.13. The third-order valence-electron chi connectivity index (χ3n) is 3.59. The van der Waals surface area contributed by atoms with Crippen LogP contribution in [-0.2, 0) is 16.8 Å². The minimum atomic E-state index is -4.67. The van der Waals surface area contributed by atoms with E-state index in [-0.39, 0.29) is 6.10 Å². The minimum absolute atomic E-state index is 0.208. The largest absolute Gasteiger partial charge is 0.491 e. The molecule has 1 heterocycles. The lowest BCUT2D eigenvalue weighted by atomic mass is 10.0. The summed E-state index contributed by atoms with van der Waals surface area (Å²) < 4.78 is 37.3. The van der Waals surface area contributed by atoms with Crippen molar-refractivity contribution in [1.29, 1.82) is 0 Å². The van der Waals surface area contributed by atoms with Gasteiger partial charge >= 0.3 is 10.4 Å². The summed E-state index contributed by atoms with van der Waals surface area (Å²) in [5.41, 5.74) is 3.63. The first kappa shape index (κ1) is 21.7. The molecule has 0 spiro atoms. The SMILES string of the molecule is CC(C)Oc1ccc(Cc2ccc(NC3=NCCN3)cc2)cc1.O=S(=O)(O)O. The van der Waals surface area contributed by atoms with Gasteiger partial charge in [-0.1, -0.05) is 24.3 Å². The Balaban J connectivity index is 0.000000500. The summed E-state index contributed by atoms with van der Waals surface area (Å²) in [6, 6.07) is 16.8. The molecule has 0 bridgehead atoms. The van der Waals surface area contributed by atoms with E-state index in [0.717, 1.165) is 36.9 Å². The van der Waals surface area contributed by atoms with Gasteiger partial charge in [-0.2, -0.15) is 8.42 Å². The van der Waals surface area contributed by atoms with Crippen LogP contribution in [0.15, 0.2) is 53.5 Å². The fourth-order valence-corrected chi connectivity index (χ4v) is 2.52. The van der Waals surface area contributed by atoms with E-state index in [4.69, 9.17) is 22.3 Å². The van der Waals surface area contributed by atoms with Gasteiger partial charge in [0.2, 0.25) is 0 Å². The first-order valence-corrected chi connectivity index (χ1v) is 10.2. The highest BCUT2D eigenvalue weighted by atomic mass is 32.3. The molecule has 0 aromatic heterocycles. The number of nitrogens with zero attached hydrogens (tertiary/aromatic N) is 1. The van der Waals surface area contributed by atoms with Crippen molar-refractivity contribution >= 4 is 22.0 Å². The lowest BCUT2D eigenvalue weighted by molar-refractivity contribution is 0.242. The van der Waals surface area contributed by atoms with Crippen LogP contribution in [0.2, 0.25) is 0 Å².